The van der Waals surface area contributed by atoms with Gasteiger partial charge in [0, 0.05) is 12.7 Å². The van der Waals surface area contributed by atoms with Crippen LogP contribution in [0.2, 0.25) is 5.15 Å². The second kappa shape index (κ2) is 7.12. The zero-order valence-electron chi connectivity index (χ0n) is 14.5. The summed E-state index contributed by atoms with van der Waals surface area (Å²) >= 11 is 5.79. The molecule has 2 aromatic carbocycles. The smallest absolute Gasteiger partial charge is 0.348 e. The van der Waals surface area contributed by atoms with Crippen LogP contribution in [0, 0.1) is 10.1 Å². The predicted molar refractivity (Wildman–Crippen MR) is 104 cm³/mol. The van der Waals surface area contributed by atoms with Crippen molar-refractivity contribution in [1.82, 2.24) is 19.5 Å². The molecule has 4 aromatic rings. The van der Waals surface area contributed by atoms with Crippen LogP contribution in [0.25, 0.3) is 11.0 Å². The highest BCUT2D eigenvalue weighted by Gasteiger charge is 2.21. The Kier molecular flexibility index (Phi) is 4.50. The first-order chi connectivity index (χ1) is 13.5. The number of nitrogens with zero attached hydrogens (tertiary/aromatic N) is 5. The molecule has 140 valence electrons. The van der Waals surface area contributed by atoms with Crippen molar-refractivity contribution < 1.29 is 9.66 Å². The Morgan fingerprint density at radius 3 is 2.61 bits per heavy atom. The van der Waals surface area contributed by atoms with E-state index in [0.29, 0.717) is 17.4 Å². The van der Waals surface area contributed by atoms with Gasteiger partial charge in [0.25, 0.3) is 0 Å². The minimum Gasteiger partial charge on any atom is -0.425 e. The highest BCUT2D eigenvalue weighted by atomic mass is 35.5. The lowest BCUT2D eigenvalue weighted by molar-refractivity contribution is -0.384. The number of nitrogens with one attached hydrogen (secondary N) is 1. The number of hydrogen-bond acceptors (Lipinski definition) is 7. The van der Waals surface area contributed by atoms with Gasteiger partial charge in [-0.3, -0.25) is 14.7 Å². The van der Waals surface area contributed by atoms with E-state index in [2.05, 4.69) is 20.3 Å². The molecule has 2 aromatic heterocycles. The van der Waals surface area contributed by atoms with Gasteiger partial charge >= 0.3 is 11.7 Å². The van der Waals surface area contributed by atoms with Gasteiger partial charge in [0.05, 0.1) is 16.0 Å². The highest BCUT2D eigenvalue weighted by molar-refractivity contribution is 6.31. The summed E-state index contributed by atoms with van der Waals surface area (Å²) in [5.41, 5.74) is 1.99. The number of rotatable bonds is 5. The molecule has 2 heterocycles. The summed E-state index contributed by atoms with van der Waals surface area (Å²) in [6.45, 7) is 0. The Hall–Kier alpha value is -3.72. The quantitative estimate of drug-likeness (QED) is 0.301. The summed E-state index contributed by atoms with van der Waals surface area (Å²) in [6.07, 6.45) is 1.15. The Balaban J connectivity index is 1.55. The van der Waals surface area contributed by atoms with E-state index in [-0.39, 0.29) is 16.7 Å². The van der Waals surface area contributed by atoms with E-state index >= 15 is 0 Å². The number of nitro groups is 1. The van der Waals surface area contributed by atoms with E-state index in [1.165, 1.54) is 0 Å². The Bertz CT molecular complexity index is 1180. The van der Waals surface area contributed by atoms with E-state index in [9.17, 15) is 10.1 Å². The summed E-state index contributed by atoms with van der Waals surface area (Å²) in [7, 11) is 1.87. The fourth-order valence-corrected chi connectivity index (χ4v) is 2.88. The van der Waals surface area contributed by atoms with Gasteiger partial charge in [-0.05, 0) is 36.4 Å². The van der Waals surface area contributed by atoms with Crippen LogP contribution in [0.5, 0.6) is 11.8 Å². The predicted octanol–water partition coefficient (Wildman–Crippen LogP) is 4.46. The topological polar surface area (TPSA) is 108 Å². The summed E-state index contributed by atoms with van der Waals surface area (Å²) in [4.78, 5) is 22.5. The van der Waals surface area contributed by atoms with E-state index in [1.54, 1.807) is 24.3 Å². The van der Waals surface area contributed by atoms with E-state index in [0.717, 1.165) is 17.4 Å². The normalized spacial score (nSPS) is 10.8. The molecule has 0 saturated heterocycles. The van der Waals surface area contributed by atoms with E-state index in [4.69, 9.17) is 16.3 Å². The number of aromatic nitrogens is 4. The molecule has 0 atom stereocenters. The standard InChI is InChI=1S/C18H13ClN6O3/c1-24-14-5-3-2-4-13(14)23-18(24)28-12-8-6-11(7-9-12)22-17-15(25(26)27)16(19)20-10-21-17/h2-10H,1H3,(H,20,21,22). The molecule has 0 fully saturated rings. The zero-order chi connectivity index (χ0) is 19.7. The van der Waals surface area contributed by atoms with Crippen molar-refractivity contribution in [3.05, 3.63) is 70.1 Å². The zero-order valence-corrected chi connectivity index (χ0v) is 15.3. The number of anilines is 2. The number of halogens is 1. The number of imidazole rings is 1. The van der Waals surface area contributed by atoms with Crippen LogP contribution in [0.3, 0.4) is 0 Å². The maximum absolute atomic E-state index is 11.2. The van der Waals surface area contributed by atoms with Crippen LogP contribution in [0.4, 0.5) is 17.2 Å². The lowest BCUT2D eigenvalue weighted by atomic mass is 10.3. The molecule has 0 unspecified atom stereocenters. The van der Waals surface area contributed by atoms with Crippen molar-refractivity contribution in [2.24, 2.45) is 7.05 Å². The van der Waals surface area contributed by atoms with Crippen molar-refractivity contribution in [3.8, 4) is 11.8 Å². The number of para-hydroxylation sites is 2. The van der Waals surface area contributed by atoms with Crippen molar-refractivity contribution >= 4 is 39.8 Å². The van der Waals surface area contributed by atoms with E-state index < -0.39 is 4.92 Å². The number of hydrogen-bond donors (Lipinski definition) is 1. The Labute approximate surface area is 163 Å². The molecule has 0 radical (unpaired) electrons. The lowest BCUT2D eigenvalue weighted by Gasteiger charge is -2.08. The van der Waals surface area contributed by atoms with Crippen LogP contribution in [0.15, 0.2) is 54.9 Å². The number of benzene rings is 2. The summed E-state index contributed by atoms with van der Waals surface area (Å²) in [5.74, 6) is 0.577. The monoisotopic (exact) mass is 396 g/mol. The van der Waals surface area contributed by atoms with Gasteiger partial charge in [0.1, 0.15) is 12.1 Å². The number of fused-ring (bicyclic) bond motifs is 1. The molecular formula is C18H13ClN6O3. The van der Waals surface area contributed by atoms with Gasteiger partial charge in [-0.15, -0.1) is 0 Å². The minimum atomic E-state index is -0.631. The average molecular weight is 397 g/mol. The molecular weight excluding hydrogens is 384 g/mol. The van der Waals surface area contributed by atoms with Gasteiger partial charge < -0.3 is 10.1 Å². The van der Waals surface area contributed by atoms with Crippen LogP contribution in [0.1, 0.15) is 0 Å². The first-order valence-electron chi connectivity index (χ1n) is 8.14. The molecule has 0 saturated carbocycles. The number of ether oxygens (including phenoxy) is 1. The maximum atomic E-state index is 11.2. The summed E-state index contributed by atoms with van der Waals surface area (Å²) < 4.78 is 7.70. The van der Waals surface area contributed by atoms with Gasteiger partial charge in [0.2, 0.25) is 11.0 Å². The molecule has 0 spiro atoms. The third kappa shape index (κ3) is 3.30. The maximum Gasteiger partial charge on any atom is 0.348 e. The first-order valence-corrected chi connectivity index (χ1v) is 8.52. The minimum absolute atomic E-state index is 0.00835. The van der Waals surface area contributed by atoms with Crippen molar-refractivity contribution in [2.75, 3.05) is 5.32 Å². The second-order valence-electron chi connectivity index (χ2n) is 5.81. The largest absolute Gasteiger partial charge is 0.425 e. The van der Waals surface area contributed by atoms with Crippen molar-refractivity contribution in [1.29, 1.82) is 0 Å². The molecule has 0 amide bonds. The molecule has 28 heavy (non-hydrogen) atoms. The molecule has 0 bridgehead atoms. The molecule has 4 rings (SSSR count). The van der Waals surface area contributed by atoms with Crippen molar-refractivity contribution in [3.63, 3.8) is 0 Å². The molecule has 0 aliphatic heterocycles. The van der Waals surface area contributed by atoms with Gasteiger partial charge in [-0.25, -0.2) is 9.97 Å². The molecule has 9 nitrogen and oxygen atoms in total. The third-order valence-corrected chi connectivity index (χ3v) is 4.31. The molecule has 1 N–H and O–H groups in total. The Morgan fingerprint density at radius 1 is 1.14 bits per heavy atom. The fraction of sp³-hybridized carbons (Fsp3) is 0.0556. The van der Waals surface area contributed by atoms with Crippen LogP contribution in [-0.2, 0) is 7.05 Å². The SMILES string of the molecule is Cn1c(Oc2ccc(Nc3ncnc(Cl)c3[N+](=O)[O-])cc2)nc2ccccc21. The van der Waals surface area contributed by atoms with Crippen LogP contribution in [-0.4, -0.2) is 24.4 Å². The molecule has 0 aliphatic rings. The summed E-state index contributed by atoms with van der Waals surface area (Å²) in [5, 5.41) is 13.8. The van der Waals surface area contributed by atoms with Crippen LogP contribution >= 0.6 is 11.6 Å². The lowest BCUT2D eigenvalue weighted by Crippen LogP contribution is -2.01. The first kappa shape index (κ1) is 17.7. The van der Waals surface area contributed by atoms with Gasteiger partial charge in [-0.2, -0.15) is 4.98 Å². The average Bonchev–Trinajstić information content (AvgIpc) is 2.99. The molecule has 10 heteroatoms. The van der Waals surface area contributed by atoms with Gasteiger partial charge in [0.15, 0.2) is 0 Å². The molecule has 0 aliphatic carbocycles. The third-order valence-electron chi connectivity index (χ3n) is 4.03. The fourth-order valence-electron chi connectivity index (χ4n) is 2.67. The van der Waals surface area contributed by atoms with E-state index in [1.807, 2.05) is 35.9 Å². The van der Waals surface area contributed by atoms with Crippen molar-refractivity contribution in [2.45, 2.75) is 0 Å². The van der Waals surface area contributed by atoms with Crippen LogP contribution < -0.4 is 10.1 Å². The highest BCUT2D eigenvalue weighted by Crippen LogP contribution is 2.31. The second-order valence-corrected chi connectivity index (χ2v) is 6.17. The summed E-state index contributed by atoms with van der Waals surface area (Å²) in [6, 6.07) is 15.0. The number of aryl methyl sites for hydroxylation is 1. The van der Waals surface area contributed by atoms with Gasteiger partial charge in [-0.1, -0.05) is 23.7 Å². The Morgan fingerprint density at radius 2 is 1.89 bits per heavy atom.